The second kappa shape index (κ2) is 5.50. The number of ether oxygens (including phenoxy) is 2. The molecule has 0 aromatic carbocycles. The molecule has 2 fully saturated rings. The fourth-order valence-corrected chi connectivity index (χ4v) is 2.00. The second-order valence-corrected chi connectivity index (χ2v) is 4.49. The molecule has 0 N–H and O–H groups in total. The second-order valence-electron chi connectivity index (χ2n) is 4.49. The molecular formula is C11H20N2O3. The van der Waals surface area contributed by atoms with Crippen LogP contribution in [0.1, 0.15) is 12.8 Å². The zero-order valence-corrected chi connectivity index (χ0v) is 9.85. The van der Waals surface area contributed by atoms with E-state index < -0.39 is 0 Å². The molecule has 2 heterocycles. The molecule has 2 aliphatic rings. The summed E-state index contributed by atoms with van der Waals surface area (Å²) in [6.07, 6.45) is 1.57. The summed E-state index contributed by atoms with van der Waals surface area (Å²) in [7, 11) is 2.07. The van der Waals surface area contributed by atoms with Crippen LogP contribution in [0.15, 0.2) is 0 Å². The Bertz CT molecular complexity index is 233. The van der Waals surface area contributed by atoms with Gasteiger partial charge in [-0.2, -0.15) is 0 Å². The molecule has 1 amide bonds. The standard InChI is InChI=1S/C11H20N2O3/c1-12-4-6-13(7-5-12)11(14)16-10-2-8-15-9-3-10/h10H,2-9H2,1H3. The van der Waals surface area contributed by atoms with E-state index in [1.165, 1.54) is 0 Å². The molecule has 2 rings (SSSR count). The molecule has 0 radical (unpaired) electrons. The number of rotatable bonds is 1. The van der Waals surface area contributed by atoms with Gasteiger partial charge in [0.1, 0.15) is 6.10 Å². The molecule has 2 aliphatic heterocycles. The summed E-state index contributed by atoms with van der Waals surface area (Å²) >= 11 is 0. The van der Waals surface area contributed by atoms with Gasteiger partial charge in [-0.15, -0.1) is 0 Å². The first-order chi connectivity index (χ1) is 7.75. The monoisotopic (exact) mass is 228 g/mol. The summed E-state index contributed by atoms with van der Waals surface area (Å²) < 4.78 is 10.7. The van der Waals surface area contributed by atoms with E-state index in [1.54, 1.807) is 4.90 Å². The van der Waals surface area contributed by atoms with Crippen LogP contribution in [0.25, 0.3) is 0 Å². The zero-order valence-electron chi connectivity index (χ0n) is 9.85. The molecule has 0 saturated carbocycles. The van der Waals surface area contributed by atoms with E-state index in [9.17, 15) is 4.79 Å². The maximum absolute atomic E-state index is 11.8. The van der Waals surface area contributed by atoms with Crippen molar-refractivity contribution in [1.29, 1.82) is 0 Å². The van der Waals surface area contributed by atoms with Crippen LogP contribution in [-0.4, -0.2) is 68.4 Å². The van der Waals surface area contributed by atoms with Crippen molar-refractivity contribution in [2.75, 3.05) is 46.4 Å². The topological polar surface area (TPSA) is 42.0 Å². The minimum atomic E-state index is -0.153. The first kappa shape index (κ1) is 11.7. The van der Waals surface area contributed by atoms with Crippen LogP contribution in [0.2, 0.25) is 0 Å². The number of amides is 1. The molecule has 0 aromatic heterocycles. The minimum absolute atomic E-state index is 0.0564. The lowest BCUT2D eigenvalue weighted by Gasteiger charge is -2.33. The van der Waals surface area contributed by atoms with Crippen LogP contribution in [0.3, 0.4) is 0 Å². The van der Waals surface area contributed by atoms with E-state index in [0.29, 0.717) is 13.2 Å². The maximum Gasteiger partial charge on any atom is 0.410 e. The average molecular weight is 228 g/mol. The number of carbonyl (C=O) groups is 1. The Morgan fingerprint density at radius 2 is 1.81 bits per heavy atom. The fraction of sp³-hybridized carbons (Fsp3) is 0.909. The molecule has 0 aromatic rings. The Balaban J connectivity index is 1.74. The molecule has 0 unspecified atom stereocenters. The molecule has 16 heavy (non-hydrogen) atoms. The molecule has 0 aliphatic carbocycles. The third-order valence-electron chi connectivity index (χ3n) is 3.20. The minimum Gasteiger partial charge on any atom is -0.446 e. The van der Waals surface area contributed by atoms with Crippen molar-refractivity contribution >= 4 is 6.09 Å². The maximum atomic E-state index is 11.8. The average Bonchev–Trinajstić information content (AvgIpc) is 2.31. The number of hydrogen-bond acceptors (Lipinski definition) is 4. The van der Waals surface area contributed by atoms with Gasteiger partial charge in [-0.1, -0.05) is 0 Å². The third-order valence-corrected chi connectivity index (χ3v) is 3.20. The van der Waals surface area contributed by atoms with Gasteiger partial charge in [-0.05, 0) is 7.05 Å². The van der Waals surface area contributed by atoms with E-state index in [1.807, 2.05) is 0 Å². The molecule has 5 heteroatoms. The van der Waals surface area contributed by atoms with Gasteiger partial charge >= 0.3 is 6.09 Å². The summed E-state index contributed by atoms with van der Waals surface area (Å²) in [6.45, 7) is 4.84. The predicted molar refractivity (Wildman–Crippen MR) is 59.4 cm³/mol. The summed E-state index contributed by atoms with van der Waals surface area (Å²) in [5.74, 6) is 0. The molecular weight excluding hydrogens is 208 g/mol. The molecule has 2 saturated heterocycles. The Kier molecular flexibility index (Phi) is 4.01. The summed E-state index contributed by atoms with van der Waals surface area (Å²) in [5.41, 5.74) is 0. The number of likely N-dealkylation sites (N-methyl/N-ethyl adjacent to an activating group) is 1. The summed E-state index contributed by atoms with van der Waals surface area (Å²) in [6, 6.07) is 0. The number of nitrogens with zero attached hydrogens (tertiary/aromatic N) is 2. The Hall–Kier alpha value is -0.810. The van der Waals surface area contributed by atoms with Gasteiger partial charge in [0.25, 0.3) is 0 Å². The van der Waals surface area contributed by atoms with Crippen LogP contribution in [0, 0.1) is 0 Å². The molecule has 0 spiro atoms. The van der Waals surface area contributed by atoms with Crippen molar-refractivity contribution in [2.45, 2.75) is 18.9 Å². The quantitative estimate of drug-likeness (QED) is 0.657. The van der Waals surface area contributed by atoms with Crippen molar-refractivity contribution in [3.63, 3.8) is 0 Å². The summed E-state index contributed by atoms with van der Waals surface area (Å²) in [4.78, 5) is 15.8. The van der Waals surface area contributed by atoms with Crippen molar-refractivity contribution in [2.24, 2.45) is 0 Å². The van der Waals surface area contributed by atoms with Gasteiger partial charge in [0.2, 0.25) is 0 Å². The Morgan fingerprint density at radius 1 is 1.19 bits per heavy atom. The van der Waals surface area contributed by atoms with E-state index in [2.05, 4.69) is 11.9 Å². The van der Waals surface area contributed by atoms with Crippen LogP contribution in [-0.2, 0) is 9.47 Å². The van der Waals surface area contributed by atoms with Crippen molar-refractivity contribution in [3.8, 4) is 0 Å². The zero-order chi connectivity index (χ0) is 11.4. The van der Waals surface area contributed by atoms with E-state index >= 15 is 0 Å². The van der Waals surface area contributed by atoms with Gasteiger partial charge in [-0.3, -0.25) is 0 Å². The first-order valence-corrected chi connectivity index (χ1v) is 5.97. The lowest BCUT2D eigenvalue weighted by Crippen LogP contribution is -2.48. The molecule has 5 nitrogen and oxygen atoms in total. The lowest BCUT2D eigenvalue weighted by molar-refractivity contribution is -0.0137. The highest BCUT2D eigenvalue weighted by atomic mass is 16.6. The van der Waals surface area contributed by atoms with E-state index in [4.69, 9.17) is 9.47 Å². The molecule has 0 bridgehead atoms. The third kappa shape index (κ3) is 3.09. The fourth-order valence-electron chi connectivity index (χ4n) is 2.00. The molecule has 0 atom stereocenters. The summed E-state index contributed by atoms with van der Waals surface area (Å²) in [5, 5.41) is 0. The van der Waals surface area contributed by atoms with E-state index in [0.717, 1.165) is 39.0 Å². The number of carbonyl (C=O) groups excluding carboxylic acids is 1. The number of hydrogen-bond donors (Lipinski definition) is 0. The highest BCUT2D eigenvalue weighted by Gasteiger charge is 2.24. The van der Waals surface area contributed by atoms with Crippen molar-refractivity contribution in [1.82, 2.24) is 9.80 Å². The van der Waals surface area contributed by atoms with E-state index in [-0.39, 0.29) is 12.2 Å². The Labute approximate surface area is 96.3 Å². The SMILES string of the molecule is CN1CCN(C(=O)OC2CCOCC2)CC1. The normalized spacial score (nSPS) is 24.4. The van der Waals surface area contributed by atoms with Gasteiger partial charge in [0.05, 0.1) is 13.2 Å². The van der Waals surface area contributed by atoms with Crippen LogP contribution in [0.5, 0.6) is 0 Å². The van der Waals surface area contributed by atoms with Crippen LogP contribution in [0.4, 0.5) is 4.79 Å². The first-order valence-electron chi connectivity index (χ1n) is 5.97. The smallest absolute Gasteiger partial charge is 0.410 e. The van der Waals surface area contributed by atoms with Gasteiger partial charge < -0.3 is 19.3 Å². The van der Waals surface area contributed by atoms with Gasteiger partial charge in [0, 0.05) is 39.0 Å². The van der Waals surface area contributed by atoms with Gasteiger partial charge in [-0.25, -0.2) is 4.79 Å². The highest BCUT2D eigenvalue weighted by molar-refractivity contribution is 5.68. The molecule has 92 valence electrons. The van der Waals surface area contributed by atoms with Crippen LogP contribution < -0.4 is 0 Å². The predicted octanol–water partition coefficient (Wildman–Crippen LogP) is 0.549. The number of piperazine rings is 1. The van der Waals surface area contributed by atoms with Gasteiger partial charge in [0.15, 0.2) is 0 Å². The lowest BCUT2D eigenvalue weighted by atomic mass is 10.2. The highest BCUT2D eigenvalue weighted by Crippen LogP contribution is 2.13. The van der Waals surface area contributed by atoms with Crippen molar-refractivity contribution < 1.29 is 14.3 Å². The van der Waals surface area contributed by atoms with Crippen molar-refractivity contribution in [3.05, 3.63) is 0 Å². The largest absolute Gasteiger partial charge is 0.446 e. The van der Waals surface area contributed by atoms with Crippen LogP contribution >= 0.6 is 0 Å². The Morgan fingerprint density at radius 3 is 2.44 bits per heavy atom.